The molecule has 3 rings (SSSR count). The number of hydrogen-bond acceptors (Lipinski definition) is 5. The van der Waals surface area contributed by atoms with Gasteiger partial charge in [0.25, 0.3) is 0 Å². The van der Waals surface area contributed by atoms with Gasteiger partial charge in [0.1, 0.15) is 5.75 Å². The smallest absolute Gasteiger partial charge is 0.119 e. The van der Waals surface area contributed by atoms with Crippen LogP contribution in [0, 0.1) is 0 Å². The Balaban J connectivity index is 1.50. The molecule has 0 spiro atoms. The number of nitrogens with zero attached hydrogens (tertiary/aromatic N) is 2. The summed E-state index contributed by atoms with van der Waals surface area (Å²) in [6.45, 7) is 5.57. The lowest BCUT2D eigenvalue weighted by Crippen LogP contribution is -2.29. The molecule has 0 radical (unpaired) electrons. The summed E-state index contributed by atoms with van der Waals surface area (Å²) in [5.74, 6) is 0.934. The number of unbranched alkanes of at least 4 members (excludes halogenated alkanes) is 1. The lowest BCUT2D eigenvalue weighted by molar-refractivity contribution is -0.0176. The van der Waals surface area contributed by atoms with Gasteiger partial charge in [0.2, 0.25) is 0 Å². The van der Waals surface area contributed by atoms with E-state index in [0.717, 1.165) is 55.8 Å². The van der Waals surface area contributed by atoms with Crippen LogP contribution >= 0.6 is 0 Å². The van der Waals surface area contributed by atoms with Crippen LogP contribution < -0.4 is 4.74 Å². The Morgan fingerprint density at radius 2 is 1.80 bits per heavy atom. The van der Waals surface area contributed by atoms with Crippen LogP contribution in [0.25, 0.3) is 11.3 Å². The number of methoxy groups -OCH3 is 1. The molecule has 1 aromatic heterocycles. The van der Waals surface area contributed by atoms with Crippen LogP contribution in [0.2, 0.25) is 0 Å². The van der Waals surface area contributed by atoms with Crippen LogP contribution in [0.15, 0.2) is 30.5 Å². The Morgan fingerprint density at radius 3 is 2.50 bits per heavy atom. The number of aromatic amines is 1. The van der Waals surface area contributed by atoms with Gasteiger partial charge in [-0.05, 0) is 70.0 Å². The van der Waals surface area contributed by atoms with Gasteiger partial charge in [0.15, 0.2) is 0 Å². The van der Waals surface area contributed by atoms with Gasteiger partial charge in [0, 0.05) is 24.8 Å². The van der Waals surface area contributed by atoms with Gasteiger partial charge in [-0.1, -0.05) is 13.3 Å². The maximum Gasteiger partial charge on any atom is 0.119 e. The Morgan fingerprint density at radius 1 is 1.07 bits per heavy atom. The molecular formula is C24H37N3O3. The predicted molar refractivity (Wildman–Crippen MR) is 120 cm³/mol. The maximum absolute atomic E-state index is 6.23. The van der Waals surface area contributed by atoms with Crippen LogP contribution in [0.1, 0.15) is 51.0 Å². The van der Waals surface area contributed by atoms with Crippen molar-refractivity contribution in [2.45, 2.75) is 64.2 Å². The lowest BCUT2D eigenvalue weighted by atomic mass is 9.95. The average molecular weight is 416 g/mol. The van der Waals surface area contributed by atoms with Gasteiger partial charge >= 0.3 is 0 Å². The third-order valence-corrected chi connectivity index (χ3v) is 5.76. The molecule has 1 N–H and O–H groups in total. The fourth-order valence-corrected chi connectivity index (χ4v) is 3.99. The standard InChI is InChI=1S/C24H37N3O3/c1-4-5-14-27(2)18-20-17-25-26-24(20)19-6-8-22(9-7-19)30-23-12-10-21(11-13-23)29-16-15-28-3/h6-9,17,21,23H,4-5,10-16,18H2,1-3H3,(H,25,26). The van der Waals surface area contributed by atoms with Crippen molar-refractivity contribution in [2.75, 3.05) is 33.9 Å². The minimum Gasteiger partial charge on any atom is -0.490 e. The average Bonchev–Trinajstić information content (AvgIpc) is 3.22. The maximum atomic E-state index is 6.23. The van der Waals surface area contributed by atoms with Gasteiger partial charge < -0.3 is 19.1 Å². The summed E-state index contributed by atoms with van der Waals surface area (Å²) < 4.78 is 17.1. The molecule has 0 saturated heterocycles. The van der Waals surface area contributed by atoms with Gasteiger partial charge in [-0.15, -0.1) is 0 Å². The number of rotatable bonds is 12. The molecule has 6 heteroatoms. The Labute approximate surface area is 180 Å². The summed E-state index contributed by atoms with van der Waals surface area (Å²) in [6.07, 6.45) is 9.16. The summed E-state index contributed by atoms with van der Waals surface area (Å²) in [5, 5.41) is 7.45. The summed E-state index contributed by atoms with van der Waals surface area (Å²) in [7, 11) is 3.87. The topological polar surface area (TPSA) is 59.6 Å². The Hall–Kier alpha value is -1.89. The molecule has 1 aromatic carbocycles. The van der Waals surface area contributed by atoms with Gasteiger partial charge in [-0.2, -0.15) is 5.10 Å². The zero-order valence-electron chi connectivity index (χ0n) is 18.7. The zero-order chi connectivity index (χ0) is 21.2. The highest BCUT2D eigenvalue weighted by molar-refractivity contribution is 5.63. The molecule has 0 amide bonds. The molecule has 30 heavy (non-hydrogen) atoms. The van der Waals surface area contributed by atoms with Crippen molar-refractivity contribution in [1.82, 2.24) is 15.1 Å². The molecule has 0 aliphatic heterocycles. The summed E-state index contributed by atoms with van der Waals surface area (Å²) >= 11 is 0. The molecule has 2 aromatic rings. The fraction of sp³-hybridized carbons (Fsp3) is 0.625. The summed E-state index contributed by atoms with van der Waals surface area (Å²) in [6, 6.07) is 8.39. The van der Waals surface area contributed by atoms with Gasteiger partial charge in [0.05, 0.1) is 37.3 Å². The second-order valence-corrected chi connectivity index (χ2v) is 8.27. The van der Waals surface area contributed by atoms with Crippen LogP contribution in [-0.2, 0) is 16.0 Å². The third kappa shape index (κ3) is 6.83. The zero-order valence-corrected chi connectivity index (χ0v) is 18.7. The number of benzene rings is 1. The normalized spacial score (nSPS) is 19.3. The molecule has 0 unspecified atom stereocenters. The van der Waals surface area contributed by atoms with E-state index in [9.17, 15) is 0 Å². The second kappa shape index (κ2) is 12.1. The van der Waals surface area contributed by atoms with E-state index in [2.05, 4.69) is 53.3 Å². The molecular weight excluding hydrogens is 378 g/mol. The van der Waals surface area contributed by atoms with Crippen molar-refractivity contribution in [3.8, 4) is 17.0 Å². The second-order valence-electron chi connectivity index (χ2n) is 8.27. The molecule has 1 fully saturated rings. The van der Waals surface area contributed by atoms with Gasteiger partial charge in [-0.3, -0.25) is 5.10 Å². The van der Waals surface area contributed by atoms with E-state index in [0.29, 0.717) is 19.3 Å². The molecule has 1 aliphatic carbocycles. The van der Waals surface area contributed by atoms with E-state index in [1.807, 2.05) is 6.20 Å². The van der Waals surface area contributed by atoms with Crippen molar-refractivity contribution < 1.29 is 14.2 Å². The van der Waals surface area contributed by atoms with Crippen LogP contribution in [0.3, 0.4) is 0 Å². The number of H-pyrrole nitrogens is 1. The van der Waals surface area contributed by atoms with E-state index >= 15 is 0 Å². The van der Waals surface area contributed by atoms with E-state index in [1.54, 1.807) is 7.11 Å². The minimum absolute atomic E-state index is 0.271. The van der Waals surface area contributed by atoms with E-state index in [1.165, 1.54) is 18.4 Å². The quantitative estimate of drug-likeness (QED) is 0.511. The minimum atomic E-state index is 0.271. The van der Waals surface area contributed by atoms with Crippen LogP contribution in [-0.4, -0.2) is 61.2 Å². The van der Waals surface area contributed by atoms with E-state index < -0.39 is 0 Å². The predicted octanol–water partition coefficient (Wildman–Crippen LogP) is 4.66. The first-order chi connectivity index (χ1) is 14.7. The SMILES string of the molecule is CCCCN(C)Cc1cn[nH]c1-c1ccc(OC2CCC(OCCOC)CC2)cc1. The Kier molecular flexibility index (Phi) is 9.18. The highest BCUT2D eigenvalue weighted by Gasteiger charge is 2.23. The molecule has 1 aliphatic rings. The number of ether oxygens (including phenoxy) is 3. The molecule has 0 bridgehead atoms. The fourth-order valence-electron chi connectivity index (χ4n) is 3.99. The molecule has 6 nitrogen and oxygen atoms in total. The van der Waals surface area contributed by atoms with Crippen molar-refractivity contribution >= 4 is 0 Å². The first kappa shape index (κ1) is 22.8. The Bertz CT molecular complexity index is 724. The highest BCUT2D eigenvalue weighted by Crippen LogP contribution is 2.28. The van der Waals surface area contributed by atoms with Crippen molar-refractivity contribution in [3.63, 3.8) is 0 Å². The van der Waals surface area contributed by atoms with E-state index in [-0.39, 0.29) is 6.10 Å². The molecule has 1 saturated carbocycles. The van der Waals surface area contributed by atoms with Crippen molar-refractivity contribution in [3.05, 3.63) is 36.0 Å². The van der Waals surface area contributed by atoms with Crippen molar-refractivity contribution in [2.24, 2.45) is 0 Å². The van der Waals surface area contributed by atoms with Gasteiger partial charge in [-0.25, -0.2) is 0 Å². The molecule has 166 valence electrons. The number of nitrogens with one attached hydrogen (secondary N) is 1. The van der Waals surface area contributed by atoms with Crippen LogP contribution in [0.4, 0.5) is 0 Å². The summed E-state index contributed by atoms with van der Waals surface area (Å²) in [5.41, 5.74) is 3.47. The first-order valence-electron chi connectivity index (χ1n) is 11.3. The monoisotopic (exact) mass is 415 g/mol. The number of aromatic nitrogens is 2. The van der Waals surface area contributed by atoms with E-state index in [4.69, 9.17) is 14.2 Å². The lowest BCUT2D eigenvalue weighted by Gasteiger charge is -2.29. The van der Waals surface area contributed by atoms with Crippen LogP contribution in [0.5, 0.6) is 5.75 Å². The number of hydrogen-bond donors (Lipinski definition) is 1. The molecule has 1 heterocycles. The third-order valence-electron chi connectivity index (χ3n) is 5.76. The largest absolute Gasteiger partial charge is 0.490 e. The van der Waals surface area contributed by atoms with Crippen molar-refractivity contribution in [1.29, 1.82) is 0 Å². The molecule has 0 atom stereocenters. The first-order valence-corrected chi connectivity index (χ1v) is 11.3. The summed E-state index contributed by atoms with van der Waals surface area (Å²) in [4.78, 5) is 2.35. The highest BCUT2D eigenvalue weighted by atomic mass is 16.5.